The number of hydrogen-bond donors (Lipinski definition) is 1. The van der Waals surface area contributed by atoms with Crippen molar-refractivity contribution in [2.45, 2.75) is 32.0 Å². The Hall–Kier alpha value is -0.780. The van der Waals surface area contributed by atoms with E-state index in [1.165, 1.54) is 0 Å². The van der Waals surface area contributed by atoms with Gasteiger partial charge in [0.1, 0.15) is 0 Å². The third-order valence-electron chi connectivity index (χ3n) is 2.69. The number of carbonyl (C=O) groups excluding carboxylic acids is 1. The van der Waals surface area contributed by atoms with E-state index in [1.807, 2.05) is 6.92 Å². The summed E-state index contributed by atoms with van der Waals surface area (Å²) in [7, 11) is 0. The van der Waals surface area contributed by atoms with Gasteiger partial charge in [-0.3, -0.25) is 9.69 Å². The molecule has 0 radical (unpaired) electrons. The second-order valence-electron chi connectivity index (χ2n) is 4.13. The molecular formula is C9H15F3N2O. The summed E-state index contributed by atoms with van der Waals surface area (Å²) < 4.78 is 36.5. The number of piperidine rings is 1. The molecule has 1 rings (SSSR count). The molecule has 0 bridgehead atoms. The number of hydrogen-bond acceptors (Lipinski definition) is 2. The van der Waals surface area contributed by atoms with Gasteiger partial charge in [0.2, 0.25) is 5.91 Å². The minimum Gasteiger partial charge on any atom is -0.368 e. The maximum atomic E-state index is 12.2. The molecule has 2 N–H and O–H groups in total. The molecule has 2 atom stereocenters. The molecule has 0 aromatic heterocycles. The van der Waals surface area contributed by atoms with Crippen LogP contribution in [-0.4, -0.2) is 36.1 Å². The summed E-state index contributed by atoms with van der Waals surface area (Å²) in [6.07, 6.45) is -3.17. The summed E-state index contributed by atoms with van der Waals surface area (Å²) in [5.41, 5.74) is 5.09. The topological polar surface area (TPSA) is 46.3 Å². The van der Waals surface area contributed by atoms with E-state index in [2.05, 4.69) is 0 Å². The van der Waals surface area contributed by atoms with Crippen molar-refractivity contribution in [3.63, 3.8) is 0 Å². The van der Waals surface area contributed by atoms with Crippen LogP contribution >= 0.6 is 0 Å². The van der Waals surface area contributed by atoms with Crippen molar-refractivity contribution in [1.29, 1.82) is 0 Å². The third-order valence-corrected chi connectivity index (χ3v) is 2.69. The van der Waals surface area contributed by atoms with Crippen LogP contribution in [0.5, 0.6) is 0 Å². The van der Waals surface area contributed by atoms with Crippen LogP contribution < -0.4 is 5.73 Å². The fourth-order valence-corrected chi connectivity index (χ4v) is 1.91. The summed E-state index contributed by atoms with van der Waals surface area (Å²) in [6, 6.07) is -0.768. The number of likely N-dealkylation sites (tertiary alicyclic amines) is 1. The zero-order chi connectivity index (χ0) is 11.6. The number of nitrogens with two attached hydrogens (primary N) is 1. The van der Waals surface area contributed by atoms with Crippen molar-refractivity contribution in [1.82, 2.24) is 4.90 Å². The lowest BCUT2D eigenvalue weighted by molar-refractivity contribution is -0.158. The van der Waals surface area contributed by atoms with Crippen LogP contribution in [0.25, 0.3) is 0 Å². The molecule has 0 aromatic rings. The van der Waals surface area contributed by atoms with Crippen LogP contribution in [-0.2, 0) is 4.79 Å². The van der Waals surface area contributed by atoms with E-state index in [4.69, 9.17) is 5.73 Å². The lowest BCUT2D eigenvalue weighted by Gasteiger charge is -2.36. The molecule has 3 nitrogen and oxygen atoms in total. The molecule has 0 spiro atoms. The van der Waals surface area contributed by atoms with E-state index < -0.39 is 24.7 Å². The smallest absolute Gasteiger partial charge is 0.368 e. The van der Waals surface area contributed by atoms with E-state index in [1.54, 1.807) is 0 Å². The Labute approximate surface area is 86.4 Å². The van der Waals surface area contributed by atoms with Crippen LogP contribution in [0.2, 0.25) is 0 Å². The number of halogens is 3. The zero-order valence-electron chi connectivity index (χ0n) is 8.55. The molecule has 0 unspecified atom stereocenters. The van der Waals surface area contributed by atoms with Gasteiger partial charge in [0.25, 0.3) is 0 Å². The van der Waals surface area contributed by atoms with Gasteiger partial charge >= 0.3 is 6.18 Å². The molecule has 0 aromatic carbocycles. The molecule has 15 heavy (non-hydrogen) atoms. The molecule has 0 aliphatic carbocycles. The highest BCUT2D eigenvalue weighted by atomic mass is 19.4. The van der Waals surface area contributed by atoms with E-state index in [9.17, 15) is 18.0 Å². The summed E-state index contributed by atoms with van der Waals surface area (Å²) >= 11 is 0. The van der Waals surface area contributed by atoms with Crippen molar-refractivity contribution < 1.29 is 18.0 Å². The molecule has 1 fully saturated rings. The van der Waals surface area contributed by atoms with Gasteiger partial charge in [-0.2, -0.15) is 13.2 Å². The molecule has 1 aliphatic heterocycles. The van der Waals surface area contributed by atoms with Crippen LogP contribution in [0.15, 0.2) is 0 Å². The van der Waals surface area contributed by atoms with Gasteiger partial charge in [0.15, 0.2) is 0 Å². The number of carbonyl (C=O) groups is 1. The zero-order valence-corrected chi connectivity index (χ0v) is 8.55. The predicted octanol–water partition coefficient (Wildman–Crippen LogP) is 1.13. The fourth-order valence-electron chi connectivity index (χ4n) is 1.91. The Morgan fingerprint density at radius 1 is 1.53 bits per heavy atom. The molecule has 1 amide bonds. The number of rotatable bonds is 2. The summed E-state index contributed by atoms with van der Waals surface area (Å²) in [5, 5.41) is 0. The van der Waals surface area contributed by atoms with Crippen LogP contribution in [0, 0.1) is 5.92 Å². The Balaban J connectivity index is 2.65. The van der Waals surface area contributed by atoms with Gasteiger partial charge in [0.05, 0.1) is 12.6 Å². The number of nitrogens with zero attached hydrogens (tertiary/aromatic N) is 1. The Morgan fingerprint density at radius 2 is 2.13 bits per heavy atom. The lowest BCUT2D eigenvalue weighted by Crippen LogP contribution is -2.52. The minimum absolute atomic E-state index is 0.256. The first kappa shape index (κ1) is 12.3. The minimum atomic E-state index is -4.27. The predicted molar refractivity (Wildman–Crippen MR) is 49.0 cm³/mol. The molecule has 6 heteroatoms. The summed E-state index contributed by atoms with van der Waals surface area (Å²) in [4.78, 5) is 12.1. The highest BCUT2D eigenvalue weighted by molar-refractivity contribution is 5.80. The quantitative estimate of drug-likeness (QED) is 0.764. The van der Waals surface area contributed by atoms with E-state index in [0.717, 1.165) is 4.90 Å². The second kappa shape index (κ2) is 4.38. The lowest BCUT2D eigenvalue weighted by atomic mass is 9.92. The Kier molecular flexibility index (Phi) is 3.59. The van der Waals surface area contributed by atoms with E-state index in [-0.39, 0.29) is 12.5 Å². The van der Waals surface area contributed by atoms with E-state index in [0.29, 0.717) is 12.8 Å². The first-order valence-electron chi connectivity index (χ1n) is 4.89. The van der Waals surface area contributed by atoms with E-state index >= 15 is 0 Å². The van der Waals surface area contributed by atoms with Crippen molar-refractivity contribution in [2.24, 2.45) is 11.7 Å². The maximum Gasteiger partial charge on any atom is 0.401 e. The van der Waals surface area contributed by atoms with Crippen molar-refractivity contribution >= 4 is 5.91 Å². The second-order valence-corrected chi connectivity index (χ2v) is 4.13. The van der Waals surface area contributed by atoms with Crippen LogP contribution in [0.3, 0.4) is 0 Å². The van der Waals surface area contributed by atoms with Gasteiger partial charge in [-0.15, -0.1) is 0 Å². The SMILES string of the molecule is C[C@@H]1CCN(CC(F)(F)F)[C@@H](C(N)=O)C1. The summed E-state index contributed by atoms with van der Waals surface area (Å²) in [5.74, 6) is -0.405. The van der Waals surface area contributed by atoms with Crippen LogP contribution in [0.4, 0.5) is 13.2 Å². The standard InChI is InChI=1S/C9H15F3N2O/c1-6-2-3-14(5-9(10,11)12)7(4-6)8(13)15/h6-7H,2-5H2,1H3,(H2,13,15)/t6-,7-/m1/s1. The average molecular weight is 224 g/mol. The molecule has 1 saturated heterocycles. The maximum absolute atomic E-state index is 12.2. The molecular weight excluding hydrogens is 209 g/mol. The van der Waals surface area contributed by atoms with Gasteiger partial charge < -0.3 is 5.73 Å². The van der Waals surface area contributed by atoms with Gasteiger partial charge in [-0.05, 0) is 25.3 Å². The molecule has 1 aliphatic rings. The fraction of sp³-hybridized carbons (Fsp3) is 0.889. The first-order valence-corrected chi connectivity index (χ1v) is 4.89. The highest BCUT2D eigenvalue weighted by Gasteiger charge is 2.38. The molecule has 0 saturated carbocycles. The van der Waals surface area contributed by atoms with Crippen molar-refractivity contribution in [2.75, 3.05) is 13.1 Å². The highest BCUT2D eigenvalue weighted by Crippen LogP contribution is 2.26. The van der Waals surface area contributed by atoms with Crippen molar-refractivity contribution in [3.8, 4) is 0 Å². The monoisotopic (exact) mass is 224 g/mol. The first-order chi connectivity index (χ1) is 6.79. The largest absolute Gasteiger partial charge is 0.401 e. The Morgan fingerprint density at radius 3 is 2.60 bits per heavy atom. The Bertz CT molecular complexity index is 242. The molecule has 88 valence electrons. The van der Waals surface area contributed by atoms with Gasteiger partial charge in [-0.25, -0.2) is 0 Å². The van der Waals surface area contributed by atoms with Crippen LogP contribution in [0.1, 0.15) is 19.8 Å². The normalized spacial score (nSPS) is 29.1. The third kappa shape index (κ3) is 3.70. The van der Waals surface area contributed by atoms with Crippen molar-refractivity contribution in [3.05, 3.63) is 0 Å². The van der Waals surface area contributed by atoms with Gasteiger partial charge in [0, 0.05) is 0 Å². The number of amides is 1. The number of alkyl halides is 3. The average Bonchev–Trinajstić information content (AvgIpc) is 2.05. The number of primary amides is 1. The molecule has 1 heterocycles. The van der Waals surface area contributed by atoms with Gasteiger partial charge in [-0.1, -0.05) is 6.92 Å². The summed E-state index contributed by atoms with van der Waals surface area (Å²) in [6.45, 7) is 1.16.